The number of rotatable bonds is 3. The monoisotopic (exact) mass is 324 g/mol. The number of pyridine rings is 1. The van der Waals surface area contributed by atoms with E-state index in [1.54, 1.807) is 0 Å². The van der Waals surface area contributed by atoms with Crippen molar-refractivity contribution < 1.29 is 0 Å². The molecular weight excluding hydrogens is 304 g/mol. The van der Waals surface area contributed by atoms with Gasteiger partial charge in [0.1, 0.15) is 0 Å². The third-order valence-corrected chi connectivity index (χ3v) is 5.01. The Bertz CT molecular complexity index is 748. The first-order valence-electron chi connectivity index (χ1n) is 8.08. The number of hydrogen-bond donors (Lipinski definition) is 2. The van der Waals surface area contributed by atoms with Crippen LogP contribution in [-0.2, 0) is 0 Å². The molecule has 2 aromatic rings. The van der Waals surface area contributed by atoms with Gasteiger partial charge >= 0.3 is 0 Å². The fourth-order valence-electron chi connectivity index (χ4n) is 2.74. The van der Waals surface area contributed by atoms with Gasteiger partial charge in [0.05, 0.1) is 22.5 Å². The first-order chi connectivity index (χ1) is 11.2. The summed E-state index contributed by atoms with van der Waals surface area (Å²) < 4.78 is 4.53. The highest BCUT2D eigenvalue weighted by molar-refractivity contribution is 7.98. The fraction of sp³-hybridized carbons (Fsp3) is 0.333. The van der Waals surface area contributed by atoms with Gasteiger partial charge in [-0.3, -0.25) is 4.98 Å². The van der Waals surface area contributed by atoms with Gasteiger partial charge in [-0.1, -0.05) is 26.0 Å². The topological polar surface area (TPSA) is 49.3 Å². The third kappa shape index (κ3) is 3.06. The van der Waals surface area contributed by atoms with Crippen LogP contribution in [0.1, 0.15) is 49.8 Å². The Kier molecular flexibility index (Phi) is 3.73. The Balaban J connectivity index is 1.52. The Morgan fingerprint density at radius 2 is 2.09 bits per heavy atom. The molecule has 0 saturated heterocycles. The minimum absolute atomic E-state index is 0.442. The van der Waals surface area contributed by atoms with Crippen LogP contribution in [-0.4, -0.2) is 10.9 Å². The molecule has 2 aliphatic rings. The first kappa shape index (κ1) is 14.6. The Morgan fingerprint density at radius 3 is 2.78 bits per heavy atom. The van der Waals surface area contributed by atoms with Crippen LogP contribution in [0.25, 0.3) is 0 Å². The molecule has 1 aromatic heterocycles. The molecule has 0 atom stereocenters. The maximum atomic E-state index is 4.53. The summed E-state index contributed by atoms with van der Waals surface area (Å²) in [5, 5.41) is 6.79. The largest absolute Gasteiger partial charge is 0.324 e. The lowest BCUT2D eigenvalue weighted by molar-refractivity contribution is 0.823. The van der Waals surface area contributed by atoms with Gasteiger partial charge < -0.3 is 10.6 Å². The SMILES string of the molecule is CC(C)c1ccc(NC2=NSc3cccc(C4CC4)c3N2)cn1. The number of fused-ring (bicyclic) bond motifs is 1. The van der Waals surface area contributed by atoms with Gasteiger partial charge in [-0.05, 0) is 48.4 Å². The number of nitrogens with one attached hydrogen (secondary N) is 2. The average Bonchev–Trinajstić information content (AvgIpc) is 3.39. The van der Waals surface area contributed by atoms with Crippen molar-refractivity contribution in [2.75, 3.05) is 10.6 Å². The standard InChI is InChI=1S/C18H20N4S/c1-11(2)15-9-8-13(10-19-15)20-18-21-17-14(12-6-7-12)4-3-5-16(17)23-22-18/h3-5,8-12H,6-7H2,1-2H3,(H2,20,21,22). The number of hydrogen-bond acceptors (Lipinski definition) is 5. The van der Waals surface area contributed by atoms with Crippen LogP contribution in [0.15, 0.2) is 45.8 Å². The molecule has 5 heteroatoms. The molecule has 1 aliphatic carbocycles. The van der Waals surface area contributed by atoms with E-state index in [1.165, 1.54) is 40.9 Å². The lowest BCUT2D eigenvalue weighted by Crippen LogP contribution is -2.24. The maximum absolute atomic E-state index is 4.53. The van der Waals surface area contributed by atoms with E-state index in [4.69, 9.17) is 0 Å². The van der Waals surface area contributed by atoms with Crippen LogP contribution in [0.3, 0.4) is 0 Å². The molecule has 2 N–H and O–H groups in total. The van der Waals surface area contributed by atoms with Gasteiger partial charge in [0.25, 0.3) is 0 Å². The van der Waals surface area contributed by atoms with Gasteiger partial charge in [-0.15, -0.1) is 0 Å². The Labute approximate surface area is 141 Å². The van der Waals surface area contributed by atoms with E-state index < -0.39 is 0 Å². The summed E-state index contributed by atoms with van der Waals surface area (Å²) in [4.78, 5) is 5.69. The van der Waals surface area contributed by atoms with Crippen molar-refractivity contribution in [3.05, 3.63) is 47.8 Å². The van der Waals surface area contributed by atoms with Gasteiger partial charge in [0.2, 0.25) is 5.96 Å². The van der Waals surface area contributed by atoms with Crippen molar-refractivity contribution in [1.82, 2.24) is 4.98 Å². The third-order valence-electron chi connectivity index (χ3n) is 4.19. The molecule has 118 valence electrons. The van der Waals surface area contributed by atoms with Gasteiger partial charge in [-0.2, -0.15) is 4.40 Å². The Morgan fingerprint density at radius 1 is 1.22 bits per heavy atom. The molecule has 1 aliphatic heterocycles. The number of anilines is 2. The minimum atomic E-state index is 0.442. The Hall–Kier alpha value is -2.01. The van der Waals surface area contributed by atoms with E-state index in [0.29, 0.717) is 11.8 Å². The highest BCUT2D eigenvalue weighted by atomic mass is 32.2. The lowest BCUT2D eigenvalue weighted by atomic mass is 10.1. The second kappa shape index (κ2) is 5.89. The number of benzene rings is 1. The van der Waals surface area contributed by atoms with Crippen molar-refractivity contribution in [2.45, 2.75) is 43.4 Å². The smallest absolute Gasteiger partial charge is 0.212 e. The molecule has 0 amide bonds. The summed E-state index contributed by atoms with van der Waals surface area (Å²) in [6.07, 6.45) is 4.46. The highest BCUT2D eigenvalue weighted by Crippen LogP contribution is 2.47. The van der Waals surface area contributed by atoms with Crippen LogP contribution in [0.2, 0.25) is 0 Å². The number of para-hydroxylation sites is 1. The molecule has 0 bridgehead atoms. The van der Waals surface area contributed by atoms with Crippen LogP contribution in [0, 0.1) is 0 Å². The van der Waals surface area contributed by atoms with Crippen molar-refractivity contribution in [1.29, 1.82) is 0 Å². The summed E-state index contributed by atoms with van der Waals surface area (Å²) in [6, 6.07) is 10.6. The quantitative estimate of drug-likeness (QED) is 0.782. The second-order valence-electron chi connectivity index (χ2n) is 6.40. The van der Waals surface area contributed by atoms with Crippen molar-refractivity contribution >= 4 is 29.3 Å². The summed E-state index contributed by atoms with van der Waals surface area (Å²) in [5.41, 5.74) is 4.68. The molecule has 0 spiro atoms. The van der Waals surface area contributed by atoms with E-state index in [2.05, 4.69) is 64.2 Å². The van der Waals surface area contributed by atoms with E-state index in [1.807, 2.05) is 6.20 Å². The van der Waals surface area contributed by atoms with Crippen LogP contribution in [0.4, 0.5) is 11.4 Å². The zero-order valence-electron chi connectivity index (χ0n) is 13.3. The molecule has 4 nitrogen and oxygen atoms in total. The molecule has 1 aromatic carbocycles. The van der Waals surface area contributed by atoms with E-state index in [0.717, 1.165) is 17.3 Å². The summed E-state index contributed by atoms with van der Waals surface area (Å²) in [6.45, 7) is 4.30. The number of guanidine groups is 1. The lowest BCUT2D eigenvalue weighted by Gasteiger charge is -2.21. The summed E-state index contributed by atoms with van der Waals surface area (Å²) in [7, 11) is 0. The summed E-state index contributed by atoms with van der Waals surface area (Å²) in [5.74, 6) is 1.93. The molecule has 1 saturated carbocycles. The molecule has 2 heterocycles. The zero-order valence-corrected chi connectivity index (χ0v) is 14.2. The van der Waals surface area contributed by atoms with E-state index in [-0.39, 0.29) is 0 Å². The molecule has 1 fully saturated rings. The second-order valence-corrected chi connectivity index (χ2v) is 7.21. The molecule has 0 unspecified atom stereocenters. The van der Waals surface area contributed by atoms with E-state index in [9.17, 15) is 0 Å². The fourth-order valence-corrected chi connectivity index (χ4v) is 3.42. The van der Waals surface area contributed by atoms with Crippen molar-refractivity contribution in [3.63, 3.8) is 0 Å². The average molecular weight is 324 g/mol. The molecular formula is C18H20N4S. The van der Waals surface area contributed by atoms with Gasteiger partial charge in [0, 0.05) is 17.6 Å². The highest BCUT2D eigenvalue weighted by Gasteiger charge is 2.28. The van der Waals surface area contributed by atoms with Gasteiger partial charge in [0.15, 0.2) is 0 Å². The predicted octanol–water partition coefficient (Wildman–Crippen LogP) is 4.98. The predicted molar refractivity (Wildman–Crippen MR) is 97.3 cm³/mol. The van der Waals surface area contributed by atoms with Crippen LogP contribution in [0.5, 0.6) is 0 Å². The van der Waals surface area contributed by atoms with E-state index >= 15 is 0 Å². The van der Waals surface area contributed by atoms with Crippen molar-refractivity contribution in [2.24, 2.45) is 4.40 Å². The van der Waals surface area contributed by atoms with Crippen LogP contribution >= 0.6 is 11.9 Å². The van der Waals surface area contributed by atoms with Crippen LogP contribution < -0.4 is 10.6 Å². The molecule has 23 heavy (non-hydrogen) atoms. The summed E-state index contributed by atoms with van der Waals surface area (Å²) >= 11 is 1.53. The zero-order chi connectivity index (χ0) is 15.8. The molecule has 0 radical (unpaired) electrons. The molecule has 4 rings (SSSR count). The van der Waals surface area contributed by atoms with Gasteiger partial charge in [-0.25, -0.2) is 0 Å². The minimum Gasteiger partial charge on any atom is -0.324 e. The number of nitrogens with zero attached hydrogens (tertiary/aromatic N) is 2. The first-order valence-corrected chi connectivity index (χ1v) is 8.86. The van der Waals surface area contributed by atoms with Crippen molar-refractivity contribution in [3.8, 4) is 0 Å². The maximum Gasteiger partial charge on any atom is 0.212 e. The normalized spacial score (nSPS) is 16.6. The number of aromatic nitrogens is 1.